The molecule has 4 rings (SSSR count). The van der Waals surface area contributed by atoms with Crippen LogP contribution in [0, 0.1) is 5.82 Å². The van der Waals surface area contributed by atoms with Gasteiger partial charge in [0, 0.05) is 37.4 Å². The highest BCUT2D eigenvalue weighted by Gasteiger charge is 2.16. The molecular formula is C24H22FN5O2. The smallest absolute Gasteiger partial charge is 0.241 e. The van der Waals surface area contributed by atoms with Gasteiger partial charge in [0.05, 0.1) is 13.7 Å². The number of nitrogens with one attached hydrogen (secondary N) is 1. The fourth-order valence-electron chi connectivity index (χ4n) is 3.24. The highest BCUT2D eigenvalue weighted by atomic mass is 19.1. The van der Waals surface area contributed by atoms with Crippen molar-refractivity contribution in [3.63, 3.8) is 0 Å². The number of likely N-dealkylation sites (N-methyl/N-ethyl adjacent to an activating group) is 1. The van der Waals surface area contributed by atoms with E-state index in [0.29, 0.717) is 28.3 Å². The van der Waals surface area contributed by atoms with E-state index in [-0.39, 0.29) is 18.3 Å². The Kier molecular flexibility index (Phi) is 5.93. The van der Waals surface area contributed by atoms with Gasteiger partial charge in [-0.15, -0.1) is 0 Å². The van der Waals surface area contributed by atoms with Crippen LogP contribution in [0.25, 0.3) is 33.4 Å². The second-order valence-electron chi connectivity index (χ2n) is 7.36. The van der Waals surface area contributed by atoms with E-state index in [0.717, 1.165) is 16.7 Å². The van der Waals surface area contributed by atoms with Crippen molar-refractivity contribution in [1.29, 1.82) is 0 Å². The maximum atomic E-state index is 13.4. The van der Waals surface area contributed by atoms with Crippen molar-refractivity contribution < 1.29 is 13.9 Å². The number of aromatic nitrogens is 3. The summed E-state index contributed by atoms with van der Waals surface area (Å²) in [7, 11) is 4.95. The number of methoxy groups -OCH3 is 1. The Hall–Kier alpha value is -4.07. The summed E-state index contributed by atoms with van der Waals surface area (Å²) in [6.07, 6.45) is 3.35. The Morgan fingerprint density at radius 1 is 1.06 bits per heavy atom. The molecule has 2 heterocycles. The minimum absolute atomic E-state index is 0.0642. The molecule has 0 atom stereocenters. The predicted octanol–water partition coefficient (Wildman–Crippen LogP) is 4.01. The van der Waals surface area contributed by atoms with E-state index >= 15 is 0 Å². The maximum Gasteiger partial charge on any atom is 0.241 e. The van der Waals surface area contributed by atoms with Gasteiger partial charge in [-0.3, -0.25) is 9.78 Å². The van der Waals surface area contributed by atoms with Crippen LogP contribution < -0.4 is 10.1 Å². The molecule has 0 aliphatic heterocycles. The summed E-state index contributed by atoms with van der Waals surface area (Å²) in [5.74, 6) is 1.08. The number of halogens is 1. The average molecular weight is 431 g/mol. The van der Waals surface area contributed by atoms with Gasteiger partial charge in [0.25, 0.3) is 0 Å². The summed E-state index contributed by atoms with van der Waals surface area (Å²) in [5, 5.41) is 3.82. The molecule has 0 spiro atoms. The molecule has 0 saturated carbocycles. The number of carbonyl (C=O) groups excluding carboxylic acids is 1. The zero-order chi connectivity index (χ0) is 22.7. The number of anilines is 1. The molecule has 0 bridgehead atoms. The number of fused-ring (bicyclic) bond motifs is 1. The summed E-state index contributed by atoms with van der Waals surface area (Å²) >= 11 is 0. The van der Waals surface area contributed by atoms with Crippen LogP contribution in [0.4, 0.5) is 10.2 Å². The summed E-state index contributed by atoms with van der Waals surface area (Å²) in [6.45, 7) is 0.0642. The number of ether oxygens (including phenoxy) is 1. The molecule has 0 fully saturated rings. The molecule has 0 aliphatic rings. The molecule has 0 saturated heterocycles. The number of hydrogen-bond donors (Lipinski definition) is 1. The Bertz CT molecular complexity index is 1260. The first-order valence-electron chi connectivity index (χ1n) is 9.96. The molecule has 4 aromatic rings. The second kappa shape index (κ2) is 8.97. The highest BCUT2D eigenvalue weighted by molar-refractivity contribution is 5.98. The van der Waals surface area contributed by atoms with E-state index in [9.17, 15) is 9.18 Å². The van der Waals surface area contributed by atoms with Crippen LogP contribution >= 0.6 is 0 Å². The van der Waals surface area contributed by atoms with Gasteiger partial charge in [-0.2, -0.15) is 0 Å². The summed E-state index contributed by atoms with van der Waals surface area (Å²) in [5.41, 5.74) is 2.96. The molecule has 0 aliphatic carbocycles. The molecule has 162 valence electrons. The van der Waals surface area contributed by atoms with E-state index in [1.807, 2.05) is 18.2 Å². The quantitative estimate of drug-likeness (QED) is 0.497. The van der Waals surface area contributed by atoms with Crippen molar-refractivity contribution in [2.75, 3.05) is 33.1 Å². The molecule has 0 radical (unpaired) electrons. The van der Waals surface area contributed by atoms with Crippen LogP contribution in [0.2, 0.25) is 0 Å². The zero-order valence-electron chi connectivity index (χ0n) is 18.0. The van der Waals surface area contributed by atoms with Crippen molar-refractivity contribution in [3.8, 4) is 28.3 Å². The predicted molar refractivity (Wildman–Crippen MR) is 122 cm³/mol. The fourth-order valence-corrected chi connectivity index (χ4v) is 3.24. The van der Waals surface area contributed by atoms with Gasteiger partial charge in [-0.25, -0.2) is 14.4 Å². The Morgan fingerprint density at radius 2 is 1.84 bits per heavy atom. The van der Waals surface area contributed by atoms with Crippen molar-refractivity contribution in [2.45, 2.75) is 0 Å². The van der Waals surface area contributed by atoms with E-state index in [1.165, 1.54) is 17.0 Å². The third kappa shape index (κ3) is 4.34. The van der Waals surface area contributed by atoms with Crippen molar-refractivity contribution in [2.24, 2.45) is 0 Å². The van der Waals surface area contributed by atoms with Crippen LogP contribution in [0.3, 0.4) is 0 Å². The minimum atomic E-state index is -0.310. The molecule has 2 aromatic heterocycles. The van der Waals surface area contributed by atoms with Gasteiger partial charge in [0.1, 0.15) is 22.9 Å². The molecule has 8 heteroatoms. The Morgan fingerprint density at radius 3 is 2.50 bits per heavy atom. The third-order valence-electron chi connectivity index (χ3n) is 4.99. The number of amides is 1. The molecular weight excluding hydrogens is 409 g/mol. The third-order valence-corrected chi connectivity index (χ3v) is 4.99. The van der Waals surface area contributed by atoms with Gasteiger partial charge in [0.2, 0.25) is 5.91 Å². The molecule has 2 aromatic carbocycles. The molecule has 0 unspecified atom stereocenters. The van der Waals surface area contributed by atoms with Gasteiger partial charge < -0.3 is 15.0 Å². The van der Waals surface area contributed by atoms with Crippen LogP contribution in [0.1, 0.15) is 0 Å². The summed E-state index contributed by atoms with van der Waals surface area (Å²) in [6, 6.07) is 13.6. The van der Waals surface area contributed by atoms with E-state index in [1.54, 1.807) is 51.8 Å². The Balaban J connectivity index is 1.91. The van der Waals surface area contributed by atoms with E-state index in [2.05, 4.69) is 15.3 Å². The lowest BCUT2D eigenvalue weighted by Crippen LogP contribution is -2.28. The standard InChI is InChI=1S/C24H22FN5O2/c1-30(2)21(31)14-27-24-19-11-17(15-6-8-18(25)9-7-15)12-20(32-3)22(19)28-23(29-24)16-5-4-10-26-13-16/h4-13H,14H2,1-3H3,(H,27,28,29). The largest absolute Gasteiger partial charge is 0.494 e. The molecule has 1 amide bonds. The van der Waals surface area contributed by atoms with E-state index in [4.69, 9.17) is 9.72 Å². The SMILES string of the molecule is COc1cc(-c2ccc(F)cc2)cc2c(NCC(=O)N(C)C)nc(-c3cccnc3)nc12. The van der Waals surface area contributed by atoms with Gasteiger partial charge >= 0.3 is 0 Å². The topological polar surface area (TPSA) is 80.2 Å². The molecule has 1 N–H and O–H groups in total. The number of rotatable bonds is 6. The lowest BCUT2D eigenvalue weighted by molar-refractivity contribution is -0.126. The summed E-state index contributed by atoms with van der Waals surface area (Å²) < 4.78 is 19.1. The number of benzene rings is 2. The number of carbonyl (C=O) groups is 1. The number of nitrogens with zero attached hydrogens (tertiary/aromatic N) is 4. The first-order chi connectivity index (χ1) is 15.5. The van der Waals surface area contributed by atoms with Crippen molar-refractivity contribution >= 4 is 22.6 Å². The molecule has 32 heavy (non-hydrogen) atoms. The van der Waals surface area contributed by atoms with Crippen LogP contribution in [0.5, 0.6) is 5.75 Å². The second-order valence-corrected chi connectivity index (χ2v) is 7.36. The zero-order valence-corrected chi connectivity index (χ0v) is 18.0. The summed E-state index contributed by atoms with van der Waals surface area (Å²) in [4.78, 5) is 27.2. The van der Waals surface area contributed by atoms with Crippen molar-refractivity contribution in [3.05, 3.63) is 66.7 Å². The van der Waals surface area contributed by atoms with Gasteiger partial charge in [-0.1, -0.05) is 12.1 Å². The van der Waals surface area contributed by atoms with Gasteiger partial charge in [0.15, 0.2) is 5.82 Å². The van der Waals surface area contributed by atoms with Gasteiger partial charge in [-0.05, 0) is 47.5 Å². The minimum Gasteiger partial charge on any atom is -0.494 e. The molecule has 7 nitrogen and oxygen atoms in total. The normalized spacial score (nSPS) is 10.8. The number of hydrogen-bond acceptors (Lipinski definition) is 6. The van der Waals surface area contributed by atoms with E-state index < -0.39 is 0 Å². The number of pyridine rings is 1. The Labute approximate surface area is 184 Å². The van der Waals surface area contributed by atoms with Crippen LogP contribution in [-0.4, -0.2) is 53.5 Å². The lowest BCUT2D eigenvalue weighted by atomic mass is 10.0. The average Bonchev–Trinajstić information content (AvgIpc) is 2.82. The maximum absolute atomic E-state index is 13.4. The lowest BCUT2D eigenvalue weighted by Gasteiger charge is -2.16. The fraction of sp³-hybridized carbons (Fsp3) is 0.167. The first kappa shape index (κ1) is 21.2. The van der Waals surface area contributed by atoms with Crippen molar-refractivity contribution in [1.82, 2.24) is 19.9 Å². The van der Waals surface area contributed by atoms with Crippen LogP contribution in [-0.2, 0) is 4.79 Å². The highest BCUT2D eigenvalue weighted by Crippen LogP contribution is 2.35. The first-order valence-corrected chi connectivity index (χ1v) is 9.96. The van der Waals surface area contributed by atoms with Crippen LogP contribution in [0.15, 0.2) is 60.9 Å². The monoisotopic (exact) mass is 431 g/mol.